The van der Waals surface area contributed by atoms with Gasteiger partial charge in [0.25, 0.3) is 5.69 Å². The molecule has 0 amide bonds. The van der Waals surface area contributed by atoms with Crippen LogP contribution in [0.25, 0.3) is 22.6 Å². The predicted molar refractivity (Wildman–Crippen MR) is 75.2 cm³/mol. The molecule has 6 heteroatoms. The van der Waals surface area contributed by atoms with E-state index >= 15 is 0 Å². The van der Waals surface area contributed by atoms with E-state index in [1.807, 2.05) is 25.1 Å². The number of nitrogen functional groups attached to an aromatic ring is 1. The van der Waals surface area contributed by atoms with Crippen LogP contribution in [0, 0.1) is 17.0 Å². The minimum Gasteiger partial charge on any atom is -0.436 e. The average molecular weight is 269 g/mol. The number of hydrogen-bond acceptors (Lipinski definition) is 5. The van der Waals surface area contributed by atoms with Crippen LogP contribution in [0.5, 0.6) is 0 Å². The molecule has 0 unspecified atom stereocenters. The van der Waals surface area contributed by atoms with Crippen LogP contribution in [0.4, 0.5) is 11.4 Å². The van der Waals surface area contributed by atoms with Crippen molar-refractivity contribution in [3.63, 3.8) is 0 Å². The lowest BCUT2D eigenvalue weighted by Crippen LogP contribution is -1.94. The number of benzene rings is 2. The summed E-state index contributed by atoms with van der Waals surface area (Å²) in [5, 5.41) is 10.7. The quantitative estimate of drug-likeness (QED) is 0.437. The monoisotopic (exact) mass is 269 g/mol. The average Bonchev–Trinajstić information content (AvgIpc) is 2.80. The molecule has 0 aliphatic heterocycles. The van der Waals surface area contributed by atoms with E-state index in [1.165, 1.54) is 12.1 Å². The summed E-state index contributed by atoms with van der Waals surface area (Å²) in [6, 6.07) is 9.90. The summed E-state index contributed by atoms with van der Waals surface area (Å²) in [5.74, 6) is 0.359. The molecular formula is C14H11N3O3. The molecule has 0 spiro atoms. The van der Waals surface area contributed by atoms with Crippen molar-refractivity contribution < 1.29 is 9.34 Å². The molecule has 0 aliphatic carbocycles. The van der Waals surface area contributed by atoms with E-state index < -0.39 is 4.92 Å². The summed E-state index contributed by atoms with van der Waals surface area (Å²) in [6.45, 7) is 1.97. The van der Waals surface area contributed by atoms with Crippen molar-refractivity contribution in [2.24, 2.45) is 0 Å². The molecule has 0 saturated carbocycles. The first-order chi connectivity index (χ1) is 9.54. The third-order valence-electron chi connectivity index (χ3n) is 3.02. The van der Waals surface area contributed by atoms with E-state index in [1.54, 1.807) is 6.07 Å². The molecule has 0 atom stereocenters. The fourth-order valence-electron chi connectivity index (χ4n) is 2.01. The van der Waals surface area contributed by atoms with Crippen molar-refractivity contribution in [1.82, 2.24) is 4.98 Å². The Hall–Kier alpha value is -2.89. The number of nitrogens with zero attached hydrogens (tertiary/aromatic N) is 2. The van der Waals surface area contributed by atoms with Gasteiger partial charge in [0.05, 0.1) is 16.2 Å². The van der Waals surface area contributed by atoms with Gasteiger partial charge in [-0.25, -0.2) is 4.98 Å². The molecule has 100 valence electrons. The summed E-state index contributed by atoms with van der Waals surface area (Å²) in [6.07, 6.45) is 0. The van der Waals surface area contributed by atoms with Crippen LogP contribution in [-0.2, 0) is 0 Å². The smallest absolute Gasteiger partial charge is 0.271 e. The highest BCUT2D eigenvalue weighted by atomic mass is 16.6. The highest BCUT2D eigenvalue weighted by Crippen LogP contribution is 2.31. The van der Waals surface area contributed by atoms with Gasteiger partial charge in [0.2, 0.25) is 5.89 Å². The van der Waals surface area contributed by atoms with Crippen LogP contribution in [0.2, 0.25) is 0 Å². The van der Waals surface area contributed by atoms with Gasteiger partial charge in [-0.05, 0) is 30.7 Å². The van der Waals surface area contributed by atoms with Crippen molar-refractivity contribution in [3.05, 3.63) is 52.1 Å². The molecule has 2 N–H and O–H groups in total. The minimum absolute atomic E-state index is 0.0572. The van der Waals surface area contributed by atoms with Gasteiger partial charge in [-0.15, -0.1) is 0 Å². The number of nitrogens with two attached hydrogens (primary N) is 1. The molecule has 1 aromatic heterocycles. The maximum Gasteiger partial charge on any atom is 0.271 e. The van der Waals surface area contributed by atoms with Crippen molar-refractivity contribution in [2.45, 2.75) is 6.92 Å². The zero-order chi connectivity index (χ0) is 14.3. The Morgan fingerprint density at radius 2 is 2.05 bits per heavy atom. The molecule has 20 heavy (non-hydrogen) atoms. The van der Waals surface area contributed by atoms with Crippen LogP contribution in [-0.4, -0.2) is 9.91 Å². The Kier molecular flexibility index (Phi) is 2.64. The molecule has 0 radical (unpaired) electrons. The van der Waals surface area contributed by atoms with Gasteiger partial charge in [-0.3, -0.25) is 10.1 Å². The Bertz CT molecular complexity index is 824. The third-order valence-corrected chi connectivity index (χ3v) is 3.02. The number of oxazole rings is 1. The number of rotatable bonds is 2. The number of hydrogen-bond donors (Lipinski definition) is 1. The van der Waals surface area contributed by atoms with Crippen molar-refractivity contribution in [1.29, 1.82) is 0 Å². The molecule has 2 aromatic carbocycles. The molecule has 3 rings (SSSR count). The Morgan fingerprint density at radius 1 is 1.25 bits per heavy atom. The van der Waals surface area contributed by atoms with E-state index in [-0.39, 0.29) is 11.4 Å². The van der Waals surface area contributed by atoms with Crippen LogP contribution < -0.4 is 5.73 Å². The van der Waals surface area contributed by atoms with E-state index in [4.69, 9.17) is 10.2 Å². The zero-order valence-electron chi connectivity index (χ0n) is 10.7. The lowest BCUT2D eigenvalue weighted by atomic mass is 10.1. The fourth-order valence-corrected chi connectivity index (χ4v) is 2.01. The minimum atomic E-state index is -0.491. The number of anilines is 1. The third kappa shape index (κ3) is 1.97. The van der Waals surface area contributed by atoms with Gasteiger partial charge >= 0.3 is 0 Å². The van der Waals surface area contributed by atoms with E-state index in [2.05, 4.69) is 4.98 Å². The molecular weight excluding hydrogens is 258 g/mol. The molecule has 0 saturated heterocycles. The fraction of sp³-hybridized carbons (Fsp3) is 0.0714. The molecule has 3 aromatic rings. The van der Waals surface area contributed by atoms with Gasteiger partial charge in [0.15, 0.2) is 5.58 Å². The van der Waals surface area contributed by atoms with Gasteiger partial charge in [0.1, 0.15) is 5.52 Å². The molecule has 0 fully saturated rings. The second-order valence-electron chi connectivity index (χ2n) is 4.52. The summed E-state index contributed by atoms with van der Waals surface area (Å²) in [7, 11) is 0. The first-order valence-electron chi connectivity index (χ1n) is 5.96. The van der Waals surface area contributed by atoms with Gasteiger partial charge in [0, 0.05) is 12.1 Å². The largest absolute Gasteiger partial charge is 0.436 e. The van der Waals surface area contributed by atoms with E-state index in [0.29, 0.717) is 17.0 Å². The Morgan fingerprint density at radius 3 is 2.75 bits per heavy atom. The van der Waals surface area contributed by atoms with Gasteiger partial charge in [-0.1, -0.05) is 6.07 Å². The maximum absolute atomic E-state index is 10.7. The molecule has 6 nitrogen and oxygen atoms in total. The SMILES string of the molecule is Cc1ccc2oc(-c3ccc([N+](=O)[O-])cc3N)nc2c1. The summed E-state index contributed by atoms with van der Waals surface area (Å²) >= 11 is 0. The van der Waals surface area contributed by atoms with Crippen molar-refractivity contribution in [2.75, 3.05) is 5.73 Å². The van der Waals surface area contributed by atoms with Crippen LogP contribution in [0.3, 0.4) is 0 Å². The Labute approximate surface area is 114 Å². The number of non-ortho nitro benzene ring substituents is 1. The lowest BCUT2D eigenvalue weighted by Gasteiger charge is -2.00. The number of fused-ring (bicyclic) bond motifs is 1. The number of nitro groups is 1. The number of aryl methyl sites for hydroxylation is 1. The second kappa shape index (κ2) is 4.34. The number of nitro benzene ring substituents is 1. The first kappa shape index (κ1) is 12.2. The molecule has 0 bridgehead atoms. The van der Waals surface area contributed by atoms with E-state index in [0.717, 1.165) is 11.1 Å². The highest BCUT2D eigenvalue weighted by Gasteiger charge is 2.14. The molecule has 0 aliphatic rings. The van der Waals surface area contributed by atoms with Gasteiger partial charge < -0.3 is 10.2 Å². The van der Waals surface area contributed by atoms with Crippen molar-refractivity contribution >= 4 is 22.5 Å². The number of aromatic nitrogens is 1. The highest BCUT2D eigenvalue weighted by molar-refractivity contribution is 5.80. The first-order valence-corrected chi connectivity index (χ1v) is 5.96. The lowest BCUT2D eigenvalue weighted by molar-refractivity contribution is -0.384. The molecule has 1 heterocycles. The summed E-state index contributed by atoms with van der Waals surface area (Å²) in [4.78, 5) is 14.6. The topological polar surface area (TPSA) is 95.2 Å². The Balaban J connectivity index is 2.13. The van der Waals surface area contributed by atoms with Crippen molar-refractivity contribution in [3.8, 4) is 11.5 Å². The van der Waals surface area contributed by atoms with Gasteiger partial charge in [-0.2, -0.15) is 0 Å². The zero-order valence-corrected chi connectivity index (χ0v) is 10.7. The van der Waals surface area contributed by atoms with Crippen LogP contribution in [0.1, 0.15) is 5.56 Å². The second-order valence-corrected chi connectivity index (χ2v) is 4.52. The standard InChI is InChI=1S/C14H11N3O3/c1-8-2-5-13-12(6-8)16-14(20-13)10-4-3-9(17(18)19)7-11(10)15/h2-7H,15H2,1H3. The van der Waals surface area contributed by atoms with Crippen LogP contribution in [0.15, 0.2) is 40.8 Å². The van der Waals surface area contributed by atoms with E-state index in [9.17, 15) is 10.1 Å². The maximum atomic E-state index is 10.7. The summed E-state index contributed by atoms with van der Waals surface area (Å²) in [5.41, 5.74) is 9.06. The predicted octanol–water partition coefficient (Wildman–Crippen LogP) is 3.29. The van der Waals surface area contributed by atoms with Crippen LogP contribution >= 0.6 is 0 Å². The normalized spacial score (nSPS) is 10.8. The summed E-state index contributed by atoms with van der Waals surface area (Å²) < 4.78 is 5.63.